The Morgan fingerprint density at radius 2 is 1.95 bits per heavy atom. The Morgan fingerprint density at radius 3 is 2.59 bits per heavy atom. The summed E-state index contributed by atoms with van der Waals surface area (Å²) in [6.07, 6.45) is 0. The maximum absolute atomic E-state index is 10.9. The first-order valence-corrected chi connectivity index (χ1v) is 6.49. The van der Waals surface area contributed by atoms with Crippen molar-refractivity contribution in [1.29, 1.82) is 0 Å². The van der Waals surface area contributed by atoms with Crippen molar-refractivity contribution in [3.63, 3.8) is 0 Å². The van der Waals surface area contributed by atoms with Crippen LogP contribution >= 0.6 is 0 Å². The van der Waals surface area contributed by atoms with Crippen molar-refractivity contribution in [2.75, 3.05) is 14.2 Å². The van der Waals surface area contributed by atoms with Gasteiger partial charge in [-0.25, -0.2) is 4.79 Å². The van der Waals surface area contributed by atoms with Crippen LogP contribution in [0.25, 0.3) is 22.1 Å². The Kier molecular flexibility index (Phi) is 3.42. The fraction of sp³-hybridized carbons (Fsp3) is 0.125. The number of fused-ring (bicyclic) bond motifs is 1. The van der Waals surface area contributed by atoms with Gasteiger partial charge in [-0.15, -0.1) is 0 Å². The van der Waals surface area contributed by atoms with Crippen LogP contribution in [0.15, 0.2) is 40.9 Å². The maximum Gasteiger partial charge on any atom is 0.358 e. The summed E-state index contributed by atoms with van der Waals surface area (Å²) in [7, 11) is 3.15. The SMILES string of the molecule is COc1cccc2c(OC)c(-c3cc(C(=O)O)no3)ccc12. The molecule has 6 nitrogen and oxygen atoms in total. The van der Waals surface area contributed by atoms with E-state index >= 15 is 0 Å². The molecule has 0 amide bonds. The van der Waals surface area contributed by atoms with E-state index in [1.807, 2.05) is 24.3 Å². The number of carbonyl (C=O) groups is 1. The highest BCUT2D eigenvalue weighted by atomic mass is 16.5. The zero-order valence-corrected chi connectivity index (χ0v) is 12.0. The predicted molar refractivity (Wildman–Crippen MR) is 79.5 cm³/mol. The van der Waals surface area contributed by atoms with Crippen molar-refractivity contribution in [2.24, 2.45) is 0 Å². The van der Waals surface area contributed by atoms with Crippen molar-refractivity contribution < 1.29 is 23.9 Å². The van der Waals surface area contributed by atoms with Gasteiger partial charge in [-0.2, -0.15) is 0 Å². The number of carboxylic acid groups (broad SMARTS) is 1. The second-order valence-electron chi connectivity index (χ2n) is 4.58. The van der Waals surface area contributed by atoms with Crippen LogP contribution < -0.4 is 9.47 Å². The van der Waals surface area contributed by atoms with E-state index in [1.165, 1.54) is 6.07 Å². The highest BCUT2D eigenvalue weighted by Gasteiger charge is 2.18. The minimum atomic E-state index is -1.14. The summed E-state index contributed by atoms with van der Waals surface area (Å²) in [5.41, 5.74) is 0.478. The van der Waals surface area contributed by atoms with Crippen LogP contribution in [0.4, 0.5) is 0 Å². The lowest BCUT2D eigenvalue weighted by atomic mass is 10.0. The molecule has 6 heteroatoms. The summed E-state index contributed by atoms with van der Waals surface area (Å²) in [4.78, 5) is 10.9. The molecule has 0 aliphatic carbocycles. The first kappa shape index (κ1) is 13.9. The molecule has 1 N–H and O–H groups in total. The number of hydrogen-bond acceptors (Lipinski definition) is 5. The molecule has 0 bridgehead atoms. The van der Waals surface area contributed by atoms with Gasteiger partial charge < -0.3 is 19.1 Å². The van der Waals surface area contributed by atoms with Gasteiger partial charge in [-0.05, 0) is 18.2 Å². The molecule has 3 rings (SSSR count). The molecule has 0 aliphatic rings. The first-order chi connectivity index (χ1) is 10.7. The molecule has 0 spiro atoms. The molecular weight excluding hydrogens is 286 g/mol. The van der Waals surface area contributed by atoms with Crippen LogP contribution in [0.5, 0.6) is 11.5 Å². The van der Waals surface area contributed by atoms with E-state index < -0.39 is 5.97 Å². The fourth-order valence-corrected chi connectivity index (χ4v) is 2.40. The predicted octanol–water partition coefficient (Wildman–Crippen LogP) is 3.21. The van der Waals surface area contributed by atoms with E-state index in [0.717, 1.165) is 16.5 Å². The molecule has 3 aromatic rings. The highest BCUT2D eigenvalue weighted by Crippen LogP contribution is 2.39. The van der Waals surface area contributed by atoms with Gasteiger partial charge in [0.1, 0.15) is 11.5 Å². The van der Waals surface area contributed by atoms with Gasteiger partial charge in [-0.1, -0.05) is 17.3 Å². The van der Waals surface area contributed by atoms with Crippen LogP contribution in [-0.2, 0) is 0 Å². The average Bonchev–Trinajstić information content (AvgIpc) is 3.03. The summed E-state index contributed by atoms with van der Waals surface area (Å²) < 4.78 is 15.9. The maximum atomic E-state index is 10.9. The van der Waals surface area contributed by atoms with E-state index in [0.29, 0.717) is 17.1 Å². The summed E-state index contributed by atoms with van der Waals surface area (Å²) in [6, 6.07) is 10.6. The Bertz CT molecular complexity index is 853. The number of aromatic nitrogens is 1. The molecule has 0 aliphatic heterocycles. The molecular formula is C16H13NO5. The zero-order valence-electron chi connectivity index (χ0n) is 12.0. The van der Waals surface area contributed by atoms with E-state index in [4.69, 9.17) is 19.1 Å². The second kappa shape index (κ2) is 5.40. The minimum Gasteiger partial charge on any atom is -0.496 e. The molecule has 1 aromatic heterocycles. The monoisotopic (exact) mass is 299 g/mol. The van der Waals surface area contributed by atoms with Gasteiger partial charge in [0, 0.05) is 16.8 Å². The number of hydrogen-bond donors (Lipinski definition) is 1. The standard InChI is InChI=1S/C16H13NO5/c1-20-13-5-3-4-10-9(13)6-7-11(15(10)21-2)14-8-12(16(18)19)17-22-14/h3-8H,1-2H3,(H,18,19). The van der Waals surface area contributed by atoms with E-state index in [2.05, 4.69) is 5.16 Å². The highest BCUT2D eigenvalue weighted by molar-refractivity contribution is 5.98. The molecule has 22 heavy (non-hydrogen) atoms. The molecule has 0 saturated carbocycles. The van der Waals surface area contributed by atoms with Gasteiger partial charge in [0.25, 0.3) is 0 Å². The number of rotatable bonds is 4. The lowest BCUT2D eigenvalue weighted by molar-refractivity contribution is 0.0686. The smallest absolute Gasteiger partial charge is 0.358 e. The number of ether oxygens (including phenoxy) is 2. The largest absolute Gasteiger partial charge is 0.496 e. The molecule has 0 unspecified atom stereocenters. The topological polar surface area (TPSA) is 81.8 Å². The third kappa shape index (κ3) is 2.14. The fourth-order valence-electron chi connectivity index (χ4n) is 2.40. The molecule has 0 saturated heterocycles. The summed E-state index contributed by atoms with van der Waals surface area (Å²) in [6.45, 7) is 0. The summed E-state index contributed by atoms with van der Waals surface area (Å²) >= 11 is 0. The summed E-state index contributed by atoms with van der Waals surface area (Å²) in [5.74, 6) is 0.492. The van der Waals surface area contributed by atoms with Crippen LogP contribution in [0.1, 0.15) is 10.5 Å². The second-order valence-corrected chi connectivity index (χ2v) is 4.58. The van der Waals surface area contributed by atoms with Gasteiger partial charge in [0.2, 0.25) is 0 Å². The van der Waals surface area contributed by atoms with Gasteiger partial charge in [0.15, 0.2) is 11.5 Å². The van der Waals surface area contributed by atoms with Crippen LogP contribution in [0.3, 0.4) is 0 Å². The minimum absolute atomic E-state index is 0.150. The van der Waals surface area contributed by atoms with Gasteiger partial charge in [-0.3, -0.25) is 0 Å². The van der Waals surface area contributed by atoms with Gasteiger partial charge in [0.05, 0.1) is 19.8 Å². The third-order valence-corrected chi connectivity index (χ3v) is 3.39. The van der Waals surface area contributed by atoms with E-state index in [9.17, 15) is 4.79 Å². The Labute approximate surface area is 125 Å². The van der Waals surface area contributed by atoms with E-state index in [-0.39, 0.29) is 5.69 Å². The number of methoxy groups -OCH3 is 2. The normalized spacial score (nSPS) is 10.6. The lowest BCUT2D eigenvalue weighted by Crippen LogP contribution is -1.94. The zero-order chi connectivity index (χ0) is 15.7. The lowest BCUT2D eigenvalue weighted by Gasteiger charge is -2.12. The quantitative estimate of drug-likeness (QED) is 0.796. The molecule has 1 heterocycles. The molecule has 112 valence electrons. The molecule has 0 atom stereocenters. The Balaban J connectivity index is 2.23. The Morgan fingerprint density at radius 1 is 1.14 bits per heavy atom. The van der Waals surface area contributed by atoms with Crippen molar-refractivity contribution in [3.8, 4) is 22.8 Å². The number of nitrogens with zero attached hydrogens (tertiary/aromatic N) is 1. The van der Waals surface area contributed by atoms with Crippen LogP contribution in [-0.4, -0.2) is 30.5 Å². The molecule has 2 aromatic carbocycles. The molecule has 0 radical (unpaired) electrons. The van der Waals surface area contributed by atoms with E-state index in [1.54, 1.807) is 20.3 Å². The van der Waals surface area contributed by atoms with Gasteiger partial charge >= 0.3 is 5.97 Å². The van der Waals surface area contributed by atoms with Crippen LogP contribution in [0.2, 0.25) is 0 Å². The summed E-state index contributed by atoms with van der Waals surface area (Å²) in [5, 5.41) is 14.2. The number of aromatic carboxylic acids is 1. The van der Waals surface area contributed by atoms with Crippen molar-refractivity contribution in [2.45, 2.75) is 0 Å². The average molecular weight is 299 g/mol. The molecule has 0 fully saturated rings. The van der Waals surface area contributed by atoms with Crippen molar-refractivity contribution in [1.82, 2.24) is 5.16 Å². The number of carboxylic acids is 1. The number of benzene rings is 2. The van der Waals surface area contributed by atoms with Crippen molar-refractivity contribution in [3.05, 3.63) is 42.1 Å². The Hall–Kier alpha value is -3.02. The third-order valence-electron chi connectivity index (χ3n) is 3.39. The van der Waals surface area contributed by atoms with Crippen LogP contribution in [0, 0.1) is 0 Å². The van der Waals surface area contributed by atoms with Crippen molar-refractivity contribution >= 4 is 16.7 Å². The first-order valence-electron chi connectivity index (χ1n) is 6.49.